The molecule has 0 bridgehead atoms. The molecule has 2 heterocycles. The lowest BCUT2D eigenvalue weighted by molar-refractivity contribution is -0.134. The van der Waals surface area contributed by atoms with E-state index in [1.54, 1.807) is 0 Å². The Morgan fingerprint density at radius 1 is 1.22 bits per heavy atom. The van der Waals surface area contributed by atoms with Crippen molar-refractivity contribution in [2.24, 2.45) is 11.8 Å². The summed E-state index contributed by atoms with van der Waals surface area (Å²) in [7, 11) is 0. The van der Waals surface area contributed by atoms with Gasteiger partial charge in [-0.25, -0.2) is 0 Å². The molecule has 4 nitrogen and oxygen atoms in total. The van der Waals surface area contributed by atoms with Crippen molar-refractivity contribution >= 4 is 30.7 Å². The van der Waals surface area contributed by atoms with E-state index in [2.05, 4.69) is 53.2 Å². The largest absolute Gasteiger partial charge is 0.340 e. The van der Waals surface area contributed by atoms with Crippen LogP contribution in [0.4, 0.5) is 0 Å². The molecule has 2 saturated heterocycles. The van der Waals surface area contributed by atoms with Gasteiger partial charge in [0.05, 0.1) is 0 Å². The van der Waals surface area contributed by atoms with Crippen molar-refractivity contribution in [3.8, 4) is 0 Å². The van der Waals surface area contributed by atoms with Gasteiger partial charge in [0.25, 0.3) is 0 Å². The van der Waals surface area contributed by atoms with E-state index >= 15 is 0 Å². The van der Waals surface area contributed by atoms with Crippen molar-refractivity contribution in [1.82, 2.24) is 15.1 Å². The van der Waals surface area contributed by atoms with Crippen molar-refractivity contribution in [3.63, 3.8) is 0 Å². The molecule has 2 fully saturated rings. The summed E-state index contributed by atoms with van der Waals surface area (Å²) in [5, 5.41) is 3.47. The van der Waals surface area contributed by atoms with Crippen LogP contribution in [0.1, 0.15) is 37.3 Å². The van der Waals surface area contributed by atoms with E-state index in [4.69, 9.17) is 0 Å². The first-order valence-corrected chi connectivity index (χ1v) is 9.88. The molecule has 3 rings (SSSR count). The lowest BCUT2D eigenvalue weighted by Crippen LogP contribution is -2.48. The Labute approximate surface area is 176 Å². The molecule has 0 spiro atoms. The molecule has 1 N–H and O–H groups in total. The summed E-state index contributed by atoms with van der Waals surface area (Å²) >= 11 is 0. The van der Waals surface area contributed by atoms with Crippen LogP contribution in [-0.2, 0) is 11.3 Å². The molecule has 2 aliphatic heterocycles. The number of rotatable bonds is 5. The SMILES string of the molecule is Cc1cccc(CN2CCN(C(=O)CC(C)C3CCCNC3)CC2)c1.Cl.Cl. The number of piperazine rings is 1. The topological polar surface area (TPSA) is 35.6 Å². The van der Waals surface area contributed by atoms with Gasteiger partial charge in [-0.2, -0.15) is 0 Å². The zero-order valence-corrected chi connectivity index (χ0v) is 18.3. The monoisotopic (exact) mass is 415 g/mol. The van der Waals surface area contributed by atoms with Crippen LogP contribution in [0.15, 0.2) is 24.3 Å². The van der Waals surface area contributed by atoms with Gasteiger partial charge in [0, 0.05) is 39.1 Å². The molecule has 2 unspecified atom stereocenters. The molecule has 2 atom stereocenters. The molecular weight excluding hydrogens is 381 g/mol. The normalized spacial score (nSPS) is 21.7. The third-order valence-corrected chi connectivity index (χ3v) is 5.85. The van der Waals surface area contributed by atoms with Gasteiger partial charge in [-0.15, -0.1) is 24.8 Å². The minimum absolute atomic E-state index is 0. The van der Waals surface area contributed by atoms with E-state index in [1.807, 2.05) is 0 Å². The predicted octanol–water partition coefficient (Wildman–Crippen LogP) is 3.51. The van der Waals surface area contributed by atoms with Crippen LogP contribution in [-0.4, -0.2) is 55.0 Å². The van der Waals surface area contributed by atoms with Crippen molar-refractivity contribution < 1.29 is 4.79 Å². The number of hydrogen-bond acceptors (Lipinski definition) is 3. The van der Waals surface area contributed by atoms with Gasteiger partial charge in [0.1, 0.15) is 0 Å². The first kappa shape index (κ1) is 24.2. The number of aryl methyl sites for hydroxylation is 1. The summed E-state index contributed by atoms with van der Waals surface area (Å²) in [6, 6.07) is 8.73. The molecule has 0 radical (unpaired) electrons. The lowest BCUT2D eigenvalue weighted by Gasteiger charge is -2.36. The number of benzene rings is 1. The number of nitrogens with one attached hydrogen (secondary N) is 1. The van der Waals surface area contributed by atoms with E-state index in [9.17, 15) is 4.79 Å². The Bertz CT molecular complexity index is 570. The Balaban J connectivity index is 0.00000182. The molecule has 1 aromatic rings. The summed E-state index contributed by atoms with van der Waals surface area (Å²) < 4.78 is 0. The quantitative estimate of drug-likeness (QED) is 0.798. The number of hydrogen-bond donors (Lipinski definition) is 1. The maximum Gasteiger partial charge on any atom is 0.222 e. The van der Waals surface area contributed by atoms with Gasteiger partial charge < -0.3 is 10.2 Å². The van der Waals surface area contributed by atoms with Crippen LogP contribution in [0.2, 0.25) is 0 Å². The third-order valence-electron chi connectivity index (χ3n) is 5.85. The maximum atomic E-state index is 12.6. The van der Waals surface area contributed by atoms with E-state index < -0.39 is 0 Å². The fourth-order valence-corrected chi connectivity index (χ4v) is 4.16. The second kappa shape index (κ2) is 11.9. The number of nitrogens with zero attached hydrogens (tertiary/aromatic N) is 2. The highest BCUT2D eigenvalue weighted by molar-refractivity contribution is 5.85. The highest BCUT2D eigenvalue weighted by Crippen LogP contribution is 2.23. The third kappa shape index (κ3) is 7.26. The van der Waals surface area contributed by atoms with Crippen LogP contribution >= 0.6 is 24.8 Å². The average molecular weight is 416 g/mol. The van der Waals surface area contributed by atoms with Crippen LogP contribution in [0, 0.1) is 18.8 Å². The number of carbonyl (C=O) groups is 1. The second-order valence-electron chi connectivity index (χ2n) is 7.93. The van der Waals surface area contributed by atoms with Crippen LogP contribution in [0.3, 0.4) is 0 Å². The van der Waals surface area contributed by atoms with Crippen LogP contribution in [0.5, 0.6) is 0 Å². The highest BCUT2D eigenvalue weighted by atomic mass is 35.5. The maximum absolute atomic E-state index is 12.6. The zero-order valence-electron chi connectivity index (χ0n) is 16.7. The number of halogens is 2. The summed E-state index contributed by atoms with van der Waals surface area (Å²) in [6.07, 6.45) is 3.23. The summed E-state index contributed by atoms with van der Waals surface area (Å²) in [5.41, 5.74) is 2.69. The molecule has 6 heteroatoms. The van der Waals surface area contributed by atoms with Gasteiger partial charge in [0.2, 0.25) is 5.91 Å². The van der Waals surface area contributed by atoms with Crippen molar-refractivity contribution in [2.75, 3.05) is 39.3 Å². The van der Waals surface area contributed by atoms with Crippen molar-refractivity contribution in [2.45, 2.75) is 39.7 Å². The van der Waals surface area contributed by atoms with Gasteiger partial charge >= 0.3 is 0 Å². The Morgan fingerprint density at radius 2 is 1.96 bits per heavy atom. The number of carbonyl (C=O) groups excluding carboxylic acids is 1. The highest BCUT2D eigenvalue weighted by Gasteiger charge is 2.26. The van der Waals surface area contributed by atoms with Crippen LogP contribution < -0.4 is 5.32 Å². The zero-order chi connectivity index (χ0) is 17.6. The molecule has 27 heavy (non-hydrogen) atoms. The Morgan fingerprint density at radius 3 is 2.59 bits per heavy atom. The molecule has 0 saturated carbocycles. The number of piperidine rings is 1. The van der Waals surface area contributed by atoms with E-state index in [0.29, 0.717) is 24.2 Å². The standard InChI is InChI=1S/C21H33N3O.2ClH/c1-17-5-3-6-19(13-17)16-23-9-11-24(12-10-23)21(25)14-18(2)20-7-4-8-22-15-20;;/h3,5-6,13,18,20,22H,4,7-12,14-16H2,1-2H3;2*1H. The van der Waals surface area contributed by atoms with E-state index in [1.165, 1.54) is 24.0 Å². The van der Waals surface area contributed by atoms with E-state index in [-0.39, 0.29) is 24.8 Å². The Kier molecular flexibility index (Phi) is 10.7. The van der Waals surface area contributed by atoms with Gasteiger partial charge in [-0.3, -0.25) is 9.69 Å². The predicted molar refractivity (Wildman–Crippen MR) is 117 cm³/mol. The molecule has 0 aromatic heterocycles. The minimum Gasteiger partial charge on any atom is -0.340 e. The number of amides is 1. The first-order valence-electron chi connectivity index (χ1n) is 9.88. The summed E-state index contributed by atoms with van der Waals surface area (Å²) in [6.45, 7) is 11.3. The van der Waals surface area contributed by atoms with E-state index in [0.717, 1.165) is 45.8 Å². The van der Waals surface area contributed by atoms with Gasteiger partial charge in [-0.05, 0) is 50.3 Å². The minimum atomic E-state index is 0. The Hall–Kier alpha value is -0.810. The van der Waals surface area contributed by atoms with Gasteiger partial charge in [-0.1, -0.05) is 36.8 Å². The van der Waals surface area contributed by atoms with Gasteiger partial charge in [0.15, 0.2) is 0 Å². The molecule has 0 aliphatic carbocycles. The fraction of sp³-hybridized carbons (Fsp3) is 0.667. The average Bonchev–Trinajstić information content (AvgIpc) is 2.63. The molecule has 2 aliphatic rings. The molecular formula is C21H35Cl2N3O. The molecule has 1 amide bonds. The first-order chi connectivity index (χ1) is 12.1. The summed E-state index contributed by atoms with van der Waals surface area (Å²) in [5.74, 6) is 1.51. The second-order valence-corrected chi connectivity index (χ2v) is 7.93. The molecule has 1 aromatic carbocycles. The summed E-state index contributed by atoms with van der Waals surface area (Å²) in [4.78, 5) is 17.2. The molecule has 154 valence electrons. The van der Waals surface area contributed by atoms with Crippen molar-refractivity contribution in [1.29, 1.82) is 0 Å². The van der Waals surface area contributed by atoms with Crippen molar-refractivity contribution in [3.05, 3.63) is 35.4 Å². The van der Waals surface area contributed by atoms with Crippen LogP contribution in [0.25, 0.3) is 0 Å². The smallest absolute Gasteiger partial charge is 0.222 e. The lowest BCUT2D eigenvalue weighted by atomic mass is 9.85. The fourth-order valence-electron chi connectivity index (χ4n) is 4.16.